The Kier molecular flexibility index (Phi) is 6.26. The van der Waals surface area contributed by atoms with Crippen molar-refractivity contribution in [2.45, 2.75) is 32.2 Å². The number of aryl methyl sites for hydroxylation is 2. The number of ether oxygens (including phenoxy) is 1. The zero-order valence-corrected chi connectivity index (χ0v) is 22.9. The summed E-state index contributed by atoms with van der Waals surface area (Å²) in [5.41, 5.74) is 3.81. The monoisotopic (exact) mass is 526 g/mol. The molecule has 1 aromatic carbocycles. The van der Waals surface area contributed by atoms with Gasteiger partial charge in [0.1, 0.15) is 18.2 Å². The van der Waals surface area contributed by atoms with E-state index in [0.29, 0.717) is 42.8 Å². The molecule has 3 aliphatic rings. The van der Waals surface area contributed by atoms with Crippen molar-refractivity contribution in [3.05, 3.63) is 42.1 Å². The zero-order chi connectivity index (χ0) is 27.3. The molecule has 2 aromatic heterocycles. The Labute approximate surface area is 228 Å². The van der Waals surface area contributed by atoms with E-state index < -0.39 is 0 Å². The molecule has 5 heterocycles. The van der Waals surface area contributed by atoms with Crippen LogP contribution >= 0.6 is 0 Å². The van der Waals surface area contributed by atoms with Gasteiger partial charge >= 0.3 is 6.01 Å². The van der Waals surface area contributed by atoms with E-state index in [-0.39, 0.29) is 17.3 Å². The van der Waals surface area contributed by atoms with Crippen molar-refractivity contribution in [3.8, 4) is 23.3 Å². The first-order chi connectivity index (χ1) is 18.8. The average Bonchev–Trinajstić information content (AvgIpc) is 3.64. The standard InChI is InChI=1S/C29H34N8O2/c1-5-23(38)37-17-29(18-37)10-12-36(16-29)27-22(13-30)25(24-19(2)8-9-20-14-31-35(4)26(20)24)32-28(33-27)39-15-21-7-6-11-34(21)3/h5,8-9,14,21H,1,6-7,10-12,15-18H2,2-4H3/t21-/m0/s1. The molecule has 39 heavy (non-hydrogen) atoms. The third kappa shape index (κ3) is 4.31. The first kappa shape index (κ1) is 25.3. The normalized spacial score (nSPS) is 20.4. The highest BCUT2D eigenvalue weighted by atomic mass is 16.5. The van der Waals surface area contributed by atoms with Gasteiger partial charge in [0.15, 0.2) is 5.82 Å². The molecule has 0 saturated carbocycles. The summed E-state index contributed by atoms with van der Waals surface area (Å²) < 4.78 is 8.09. The van der Waals surface area contributed by atoms with Crippen LogP contribution < -0.4 is 9.64 Å². The van der Waals surface area contributed by atoms with E-state index in [4.69, 9.17) is 14.7 Å². The molecule has 0 bridgehead atoms. The molecule has 3 saturated heterocycles. The lowest BCUT2D eigenvalue weighted by Crippen LogP contribution is -2.59. The molecular formula is C29H34N8O2. The number of benzene rings is 1. The minimum Gasteiger partial charge on any atom is -0.462 e. The zero-order valence-electron chi connectivity index (χ0n) is 22.9. The lowest BCUT2D eigenvalue weighted by molar-refractivity contribution is -0.136. The Bertz CT molecular complexity index is 1500. The Morgan fingerprint density at radius 3 is 2.79 bits per heavy atom. The van der Waals surface area contributed by atoms with Crippen molar-refractivity contribution in [2.24, 2.45) is 12.5 Å². The second kappa shape index (κ2) is 9.65. The Hall–Kier alpha value is -3.97. The lowest BCUT2D eigenvalue weighted by atomic mass is 9.79. The number of carbonyl (C=O) groups excluding carboxylic acids is 1. The van der Waals surface area contributed by atoms with Crippen molar-refractivity contribution >= 4 is 22.6 Å². The highest BCUT2D eigenvalue weighted by molar-refractivity contribution is 5.97. The molecule has 1 amide bonds. The fourth-order valence-electron chi connectivity index (χ4n) is 6.46. The summed E-state index contributed by atoms with van der Waals surface area (Å²) in [6.45, 7) is 10.1. The molecule has 3 fully saturated rings. The van der Waals surface area contributed by atoms with E-state index in [0.717, 1.165) is 60.9 Å². The van der Waals surface area contributed by atoms with Crippen LogP contribution in [0.15, 0.2) is 31.0 Å². The van der Waals surface area contributed by atoms with Gasteiger partial charge in [-0.05, 0) is 51.4 Å². The number of likely N-dealkylation sites (tertiary alicyclic amines) is 2. The number of hydrogen-bond acceptors (Lipinski definition) is 8. The van der Waals surface area contributed by atoms with Crippen LogP contribution in [0.5, 0.6) is 6.01 Å². The van der Waals surface area contributed by atoms with Crippen molar-refractivity contribution in [1.29, 1.82) is 5.26 Å². The van der Waals surface area contributed by atoms with Crippen molar-refractivity contribution in [2.75, 3.05) is 51.3 Å². The largest absolute Gasteiger partial charge is 0.462 e. The molecule has 0 unspecified atom stereocenters. The number of hydrogen-bond donors (Lipinski definition) is 0. The maximum atomic E-state index is 12.1. The minimum absolute atomic E-state index is 0.00204. The van der Waals surface area contributed by atoms with Crippen LogP contribution in [0.1, 0.15) is 30.4 Å². The minimum atomic E-state index is -0.0339. The summed E-state index contributed by atoms with van der Waals surface area (Å²) in [7, 11) is 4.02. The summed E-state index contributed by atoms with van der Waals surface area (Å²) in [5, 5.41) is 15.9. The second-order valence-corrected chi connectivity index (χ2v) is 11.3. The Morgan fingerprint density at radius 1 is 1.26 bits per heavy atom. The van der Waals surface area contributed by atoms with Gasteiger partial charge in [0.05, 0.1) is 17.4 Å². The summed E-state index contributed by atoms with van der Waals surface area (Å²) in [5.74, 6) is 0.564. The van der Waals surface area contributed by atoms with Gasteiger partial charge < -0.3 is 19.4 Å². The van der Waals surface area contributed by atoms with Crippen LogP contribution in [-0.4, -0.2) is 87.9 Å². The SMILES string of the molecule is C=CC(=O)N1CC2(CCN(c3nc(OC[C@@H]4CCCN4C)nc(-c4c(C)ccc5cnn(C)c45)c3C#N)C2)C1. The van der Waals surface area contributed by atoms with E-state index in [1.165, 1.54) is 6.08 Å². The molecule has 0 radical (unpaired) electrons. The van der Waals surface area contributed by atoms with E-state index in [1.54, 1.807) is 0 Å². The van der Waals surface area contributed by atoms with Crippen LogP contribution in [0.2, 0.25) is 0 Å². The van der Waals surface area contributed by atoms with Gasteiger partial charge in [-0.2, -0.15) is 20.3 Å². The van der Waals surface area contributed by atoms with Crippen LogP contribution in [0, 0.1) is 23.7 Å². The first-order valence-corrected chi connectivity index (χ1v) is 13.6. The van der Waals surface area contributed by atoms with Crippen molar-refractivity contribution in [3.63, 3.8) is 0 Å². The highest BCUT2D eigenvalue weighted by Gasteiger charge is 2.49. The maximum Gasteiger partial charge on any atom is 0.319 e. The summed E-state index contributed by atoms with van der Waals surface area (Å²) in [6.07, 6.45) is 6.36. The Balaban J connectivity index is 1.42. The molecule has 10 nitrogen and oxygen atoms in total. The molecular weight excluding hydrogens is 492 g/mol. The van der Waals surface area contributed by atoms with E-state index in [2.05, 4.69) is 34.6 Å². The van der Waals surface area contributed by atoms with Gasteiger partial charge in [0, 0.05) is 55.6 Å². The third-order valence-electron chi connectivity index (χ3n) is 8.68. The number of nitrogens with zero attached hydrogens (tertiary/aromatic N) is 8. The van der Waals surface area contributed by atoms with Crippen molar-refractivity contribution in [1.82, 2.24) is 29.5 Å². The molecule has 3 aliphatic heterocycles. The summed E-state index contributed by atoms with van der Waals surface area (Å²) in [6, 6.07) is 7.12. The van der Waals surface area contributed by atoms with Crippen LogP contribution in [0.25, 0.3) is 22.2 Å². The molecule has 1 spiro atoms. The molecule has 0 N–H and O–H groups in total. The second-order valence-electron chi connectivity index (χ2n) is 11.3. The lowest BCUT2D eigenvalue weighted by Gasteiger charge is -2.47. The number of fused-ring (bicyclic) bond motifs is 1. The number of amides is 1. The number of carbonyl (C=O) groups is 1. The molecule has 0 aliphatic carbocycles. The number of anilines is 1. The van der Waals surface area contributed by atoms with Crippen molar-refractivity contribution < 1.29 is 9.53 Å². The molecule has 202 valence electrons. The van der Waals surface area contributed by atoms with Gasteiger partial charge in [-0.1, -0.05) is 18.7 Å². The van der Waals surface area contributed by atoms with Crippen LogP contribution in [0.3, 0.4) is 0 Å². The average molecular weight is 527 g/mol. The highest BCUT2D eigenvalue weighted by Crippen LogP contribution is 2.43. The molecule has 3 aromatic rings. The smallest absolute Gasteiger partial charge is 0.319 e. The van der Waals surface area contributed by atoms with Crippen LogP contribution in [-0.2, 0) is 11.8 Å². The number of nitriles is 1. The summed E-state index contributed by atoms with van der Waals surface area (Å²) >= 11 is 0. The maximum absolute atomic E-state index is 12.1. The van der Waals surface area contributed by atoms with Crippen LogP contribution in [0.4, 0.5) is 5.82 Å². The predicted octanol–water partition coefficient (Wildman–Crippen LogP) is 2.91. The van der Waals surface area contributed by atoms with Gasteiger partial charge in [-0.15, -0.1) is 0 Å². The topological polar surface area (TPSA) is 103 Å². The number of likely N-dealkylation sites (N-methyl/N-ethyl adjacent to an activating group) is 1. The quantitative estimate of drug-likeness (QED) is 0.452. The number of aromatic nitrogens is 4. The third-order valence-corrected chi connectivity index (χ3v) is 8.68. The number of rotatable bonds is 6. The van der Waals surface area contributed by atoms with E-state index >= 15 is 0 Å². The van der Waals surface area contributed by atoms with Gasteiger partial charge in [-0.3, -0.25) is 9.48 Å². The van der Waals surface area contributed by atoms with Gasteiger partial charge in [0.2, 0.25) is 5.91 Å². The molecule has 6 rings (SSSR count). The van der Waals surface area contributed by atoms with Gasteiger partial charge in [-0.25, -0.2) is 0 Å². The van der Waals surface area contributed by atoms with E-state index in [1.807, 2.05) is 41.9 Å². The fraction of sp³-hybridized carbons (Fsp3) is 0.483. The Morgan fingerprint density at radius 2 is 2.08 bits per heavy atom. The fourth-order valence-corrected chi connectivity index (χ4v) is 6.46. The van der Waals surface area contributed by atoms with E-state index in [9.17, 15) is 10.1 Å². The summed E-state index contributed by atoms with van der Waals surface area (Å²) in [4.78, 5) is 28.1. The molecule has 1 atom stereocenters. The predicted molar refractivity (Wildman–Crippen MR) is 148 cm³/mol. The molecule has 10 heteroatoms. The first-order valence-electron chi connectivity index (χ1n) is 13.6. The van der Waals surface area contributed by atoms with Gasteiger partial charge in [0.25, 0.3) is 0 Å².